The number of nitrogens with two attached hydrogens (primary N) is 1. The van der Waals surface area contributed by atoms with E-state index in [1.165, 1.54) is 0 Å². The zero-order chi connectivity index (χ0) is 11.5. The largest absolute Gasteiger partial charge is 0.444 e. The minimum atomic E-state index is 0.566. The van der Waals surface area contributed by atoms with Gasteiger partial charge < -0.3 is 15.5 Å². The number of hydrogen-bond donors (Lipinski definition) is 2. The molecule has 3 N–H and O–H groups in total. The Labute approximate surface area is 94.5 Å². The summed E-state index contributed by atoms with van der Waals surface area (Å²) in [5.41, 5.74) is 8.62. The van der Waals surface area contributed by atoms with Gasteiger partial charge in [-0.15, -0.1) is 0 Å². The van der Waals surface area contributed by atoms with Crippen LogP contribution in [0, 0.1) is 13.8 Å². The van der Waals surface area contributed by atoms with Gasteiger partial charge in [0.2, 0.25) is 5.89 Å². The van der Waals surface area contributed by atoms with Crippen molar-refractivity contribution in [2.45, 2.75) is 20.4 Å². The van der Waals surface area contributed by atoms with Gasteiger partial charge in [0.15, 0.2) is 0 Å². The van der Waals surface area contributed by atoms with Gasteiger partial charge in [-0.3, -0.25) is 0 Å². The summed E-state index contributed by atoms with van der Waals surface area (Å²) in [6, 6.07) is 5.86. The SMILES string of the molecule is Cc1cc(N)cc(NCc2ncc(C)o2)c1. The van der Waals surface area contributed by atoms with Crippen LogP contribution in [0.25, 0.3) is 0 Å². The van der Waals surface area contributed by atoms with E-state index in [1.54, 1.807) is 6.20 Å². The second kappa shape index (κ2) is 4.26. The standard InChI is InChI=1S/C12H15N3O/c1-8-3-10(13)5-11(4-8)14-7-12-15-6-9(2)16-12/h3-6,14H,7,13H2,1-2H3. The smallest absolute Gasteiger partial charge is 0.213 e. The molecular weight excluding hydrogens is 202 g/mol. The maximum Gasteiger partial charge on any atom is 0.213 e. The lowest BCUT2D eigenvalue weighted by Gasteiger charge is -2.06. The fourth-order valence-corrected chi connectivity index (χ4v) is 1.58. The van der Waals surface area contributed by atoms with Crippen molar-refractivity contribution in [1.82, 2.24) is 4.98 Å². The molecule has 16 heavy (non-hydrogen) atoms. The average Bonchev–Trinajstić information content (AvgIpc) is 2.60. The van der Waals surface area contributed by atoms with Crippen molar-refractivity contribution in [2.24, 2.45) is 0 Å². The zero-order valence-electron chi connectivity index (χ0n) is 9.45. The van der Waals surface area contributed by atoms with Crippen molar-refractivity contribution in [2.75, 3.05) is 11.1 Å². The molecular formula is C12H15N3O. The lowest BCUT2D eigenvalue weighted by molar-refractivity contribution is 0.479. The topological polar surface area (TPSA) is 64.1 Å². The first-order chi connectivity index (χ1) is 7.63. The van der Waals surface area contributed by atoms with Crippen molar-refractivity contribution in [3.8, 4) is 0 Å². The molecule has 0 radical (unpaired) electrons. The third kappa shape index (κ3) is 2.53. The number of nitrogen functional groups attached to an aromatic ring is 1. The van der Waals surface area contributed by atoms with Gasteiger partial charge >= 0.3 is 0 Å². The number of hydrogen-bond acceptors (Lipinski definition) is 4. The van der Waals surface area contributed by atoms with Crippen LogP contribution < -0.4 is 11.1 Å². The summed E-state index contributed by atoms with van der Waals surface area (Å²) in [5.74, 6) is 1.50. The van der Waals surface area contributed by atoms with Crippen molar-refractivity contribution in [1.29, 1.82) is 0 Å². The molecule has 84 valence electrons. The predicted octanol–water partition coefficient (Wildman–Crippen LogP) is 2.49. The molecule has 0 amide bonds. The van der Waals surface area contributed by atoms with Crippen LogP contribution in [0.5, 0.6) is 0 Å². The van der Waals surface area contributed by atoms with E-state index >= 15 is 0 Å². The molecule has 4 heteroatoms. The molecule has 0 saturated carbocycles. The molecule has 0 aliphatic rings. The van der Waals surface area contributed by atoms with Crippen LogP contribution in [0.2, 0.25) is 0 Å². The molecule has 0 bridgehead atoms. The molecule has 0 saturated heterocycles. The molecule has 1 aromatic carbocycles. The van der Waals surface area contributed by atoms with Gasteiger partial charge in [0.05, 0.1) is 12.7 Å². The molecule has 0 aliphatic carbocycles. The highest BCUT2D eigenvalue weighted by Crippen LogP contribution is 2.16. The summed E-state index contributed by atoms with van der Waals surface area (Å²) in [5, 5.41) is 3.22. The Morgan fingerprint density at radius 2 is 2.12 bits per heavy atom. The molecule has 2 aromatic rings. The van der Waals surface area contributed by atoms with Crippen molar-refractivity contribution in [3.63, 3.8) is 0 Å². The molecule has 0 unspecified atom stereocenters. The van der Waals surface area contributed by atoms with Crippen LogP contribution >= 0.6 is 0 Å². The van der Waals surface area contributed by atoms with Crippen molar-refractivity contribution >= 4 is 11.4 Å². The first-order valence-electron chi connectivity index (χ1n) is 5.16. The number of anilines is 2. The van der Waals surface area contributed by atoms with Crippen LogP contribution in [0.15, 0.2) is 28.8 Å². The molecule has 0 aliphatic heterocycles. The second-order valence-corrected chi connectivity index (χ2v) is 3.85. The fraction of sp³-hybridized carbons (Fsp3) is 0.250. The van der Waals surface area contributed by atoms with Gasteiger partial charge in [0.1, 0.15) is 5.76 Å². The molecule has 1 heterocycles. The summed E-state index contributed by atoms with van der Waals surface area (Å²) in [7, 11) is 0. The maximum atomic E-state index is 5.75. The Hall–Kier alpha value is -1.97. The van der Waals surface area contributed by atoms with E-state index in [-0.39, 0.29) is 0 Å². The monoisotopic (exact) mass is 217 g/mol. The van der Waals surface area contributed by atoms with Crippen LogP contribution in [-0.4, -0.2) is 4.98 Å². The first-order valence-corrected chi connectivity index (χ1v) is 5.16. The Morgan fingerprint density at radius 3 is 2.75 bits per heavy atom. The van der Waals surface area contributed by atoms with E-state index in [1.807, 2.05) is 32.0 Å². The van der Waals surface area contributed by atoms with E-state index in [0.717, 1.165) is 22.7 Å². The molecule has 0 atom stereocenters. The molecule has 0 spiro atoms. The maximum absolute atomic E-state index is 5.75. The fourth-order valence-electron chi connectivity index (χ4n) is 1.58. The first kappa shape index (κ1) is 10.5. The second-order valence-electron chi connectivity index (χ2n) is 3.85. The predicted molar refractivity (Wildman–Crippen MR) is 64.2 cm³/mol. The number of aromatic nitrogens is 1. The Bertz CT molecular complexity index is 471. The van der Waals surface area contributed by atoms with E-state index in [9.17, 15) is 0 Å². The molecule has 0 fully saturated rings. The number of rotatable bonds is 3. The highest BCUT2D eigenvalue weighted by atomic mass is 16.4. The zero-order valence-corrected chi connectivity index (χ0v) is 9.45. The summed E-state index contributed by atoms with van der Waals surface area (Å²) in [4.78, 5) is 4.12. The number of oxazole rings is 1. The van der Waals surface area contributed by atoms with E-state index in [4.69, 9.17) is 10.2 Å². The molecule has 4 nitrogen and oxygen atoms in total. The summed E-state index contributed by atoms with van der Waals surface area (Å²) < 4.78 is 5.36. The lowest BCUT2D eigenvalue weighted by atomic mass is 10.2. The minimum absolute atomic E-state index is 0.566. The molecule has 2 rings (SSSR count). The van der Waals surface area contributed by atoms with E-state index < -0.39 is 0 Å². The minimum Gasteiger partial charge on any atom is -0.444 e. The normalized spacial score (nSPS) is 10.4. The van der Waals surface area contributed by atoms with Gasteiger partial charge in [-0.2, -0.15) is 0 Å². The highest BCUT2D eigenvalue weighted by Gasteiger charge is 2.01. The van der Waals surface area contributed by atoms with Crippen LogP contribution in [0.3, 0.4) is 0 Å². The Kier molecular flexibility index (Phi) is 2.81. The van der Waals surface area contributed by atoms with Crippen LogP contribution in [-0.2, 0) is 6.54 Å². The van der Waals surface area contributed by atoms with E-state index in [2.05, 4.69) is 10.3 Å². The number of aryl methyl sites for hydroxylation is 2. The van der Waals surface area contributed by atoms with Gasteiger partial charge in [-0.1, -0.05) is 0 Å². The quantitative estimate of drug-likeness (QED) is 0.775. The summed E-state index contributed by atoms with van der Waals surface area (Å²) in [6.45, 7) is 4.45. The van der Waals surface area contributed by atoms with Crippen LogP contribution in [0.4, 0.5) is 11.4 Å². The molecule has 1 aromatic heterocycles. The van der Waals surface area contributed by atoms with E-state index in [0.29, 0.717) is 12.4 Å². The van der Waals surface area contributed by atoms with Crippen LogP contribution in [0.1, 0.15) is 17.2 Å². The summed E-state index contributed by atoms with van der Waals surface area (Å²) >= 11 is 0. The van der Waals surface area contributed by atoms with Gasteiger partial charge in [0.25, 0.3) is 0 Å². The Balaban J connectivity index is 2.04. The average molecular weight is 217 g/mol. The highest BCUT2D eigenvalue weighted by molar-refractivity contribution is 5.56. The van der Waals surface area contributed by atoms with Gasteiger partial charge in [0, 0.05) is 11.4 Å². The third-order valence-corrected chi connectivity index (χ3v) is 2.21. The van der Waals surface area contributed by atoms with Gasteiger partial charge in [-0.25, -0.2) is 4.98 Å². The third-order valence-electron chi connectivity index (χ3n) is 2.21. The summed E-state index contributed by atoms with van der Waals surface area (Å²) in [6.07, 6.45) is 1.71. The Morgan fingerprint density at radius 1 is 1.31 bits per heavy atom. The van der Waals surface area contributed by atoms with Crippen molar-refractivity contribution in [3.05, 3.63) is 41.6 Å². The number of nitrogens with zero attached hydrogens (tertiary/aromatic N) is 1. The number of benzene rings is 1. The van der Waals surface area contributed by atoms with Gasteiger partial charge in [-0.05, 0) is 37.6 Å². The lowest BCUT2D eigenvalue weighted by Crippen LogP contribution is -2.00. The number of nitrogens with one attached hydrogen (secondary N) is 1. The van der Waals surface area contributed by atoms with Crippen molar-refractivity contribution < 1.29 is 4.42 Å².